The van der Waals surface area contributed by atoms with Crippen molar-refractivity contribution in [3.05, 3.63) is 75.4 Å². The Bertz CT molecular complexity index is 1030. The van der Waals surface area contributed by atoms with Gasteiger partial charge in [0.2, 0.25) is 0 Å². The maximum absolute atomic E-state index is 6.32. The van der Waals surface area contributed by atoms with E-state index in [-0.39, 0.29) is 5.41 Å². The topological polar surface area (TPSA) is 41.9 Å². The Morgan fingerprint density at radius 3 is 2.59 bits per heavy atom. The number of nitrogens with zero attached hydrogens (tertiary/aromatic N) is 4. The van der Waals surface area contributed by atoms with Gasteiger partial charge in [-0.2, -0.15) is 0 Å². The van der Waals surface area contributed by atoms with Crippen LogP contribution in [0.15, 0.2) is 42.7 Å². The maximum Gasteiger partial charge on any atom is 0.133 e. The molecule has 6 heteroatoms. The predicted octanol–water partition coefficient (Wildman–Crippen LogP) is 5.70. The Morgan fingerprint density at radius 2 is 1.86 bits per heavy atom. The van der Waals surface area contributed by atoms with Crippen molar-refractivity contribution >= 4 is 23.2 Å². The average molecular weight is 427 g/mol. The summed E-state index contributed by atoms with van der Waals surface area (Å²) in [6.45, 7) is 9.14. The summed E-state index contributed by atoms with van der Waals surface area (Å²) in [6, 6.07) is 9.71. The van der Waals surface area contributed by atoms with E-state index in [1.807, 2.05) is 30.6 Å². The van der Waals surface area contributed by atoms with Crippen LogP contribution in [0.4, 0.5) is 0 Å². The monoisotopic (exact) mass is 426 g/mol. The van der Waals surface area contributed by atoms with E-state index in [0.717, 1.165) is 43.1 Å². The zero-order chi connectivity index (χ0) is 20.6. The van der Waals surface area contributed by atoms with E-state index in [4.69, 9.17) is 28.2 Å². The number of benzene rings is 1. The van der Waals surface area contributed by atoms with Crippen LogP contribution in [0.1, 0.15) is 43.4 Å². The van der Waals surface area contributed by atoms with Gasteiger partial charge in [0, 0.05) is 60.7 Å². The van der Waals surface area contributed by atoms with Crippen molar-refractivity contribution in [2.75, 3.05) is 6.54 Å². The first kappa shape index (κ1) is 20.3. The number of fused-ring (bicyclic) bond motifs is 1. The highest BCUT2D eigenvalue weighted by atomic mass is 35.5. The van der Waals surface area contributed by atoms with Crippen molar-refractivity contribution in [2.45, 2.75) is 45.7 Å². The fourth-order valence-corrected chi connectivity index (χ4v) is 3.91. The van der Waals surface area contributed by atoms with Crippen molar-refractivity contribution in [1.82, 2.24) is 19.9 Å². The quantitative estimate of drug-likeness (QED) is 0.538. The van der Waals surface area contributed by atoms with Gasteiger partial charge < -0.3 is 0 Å². The lowest BCUT2D eigenvalue weighted by atomic mass is 9.95. The summed E-state index contributed by atoms with van der Waals surface area (Å²) in [7, 11) is 0. The number of halogens is 2. The summed E-state index contributed by atoms with van der Waals surface area (Å²) in [5.74, 6) is 0.921. The third-order valence-corrected chi connectivity index (χ3v) is 5.96. The second-order valence-corrected chi connectivity index (χ2v) is 9.31. The average Bonchev–Trinajstić information content (AvgIpc) is 2.70. The van der Waals surface area contributed by atoms with Crippen LogP contribution in [0.2, 0.25) is 10.0 Å². The van der Waals surface area contributed by atoms with Crippen LogP contribution in [0.25, 0.3) is 11.3 Å². The Labute approximate surface area is 181 Å². The summed E-state index contributed by atoms with van der Waals surface area (Å²) >= 11 is 12.4. The largest absolute Gasteiger partial charge is 0.294 e. The van der Waals surface area contributed by atoms with E-state index in [0.29, 0.717) is 10.0 Å². The normalized spacial score (nSPS) is 14.7. The molecule has 1 aliphatic rings. The molecule has 0 aliphatic carbocycles. The Kier molecular flexibility index (Phi) is 5.60. The summed E-state index contributed by atoms with van der Waals surface area (Å²) < 4.78 is 0. The summed E-state index contributed by atoms with van der Waals surface area (Å²) in [5, 5.41) is 1.08. The molecule has 4 nitrogen and oxygen atoms in total. The van der Waals surface area contributed by atoms with Gasteiger partial charge in [-0.05, 0) is 17.7 Å². The van der Waals surface area contributed by atoms with Crippen LogP contribution in [0, 0.1) is 0 Å². The first-order valence-corrected chi connectivity index (χ1v) is 10.5. The second kappa shape index (κ2) is 8.02. The molecule has 29 heavy (non-hydrogen) atoms. The van der Waals surface area contributed by atoms with E-state index >= 15 is 0 Å². The van der Waals surface area contributed by atoms with Gasteiger partial charge in [-0.25, -0.2) is 9.97 Å². The molecule has 0 fully saturated rings. The van der Waals surface area contributed by atoms with E-state index in [9.17, 15) is 0 Å². The Morgan fingerprint density at radius 1 is 1.03 bits per heavy atom. The number of hydrogen-bond acceptors (Lipinski definition) is 4. The first-order chi connectivity index (χ1) is 13.8. The molecule has 3 heterocycles. The van der Waals surface area contributed by atoms with Crippen LogP contribution in [0.3, 0.4) is 0 Å². The van der Waals surface area contributed by atoms with Crippen molar-refractivity contribution in [3.63, 3.8) is 0 Å². The molecule has 0 spiro atoms. The fourth-order valence-electron chi connectivity index (χ4n) is 3.51. The molecule has 0 N–H and O–H groups in total. The van der Waals surface area contributed by atoms with Crippen molar-refractivity contribution in [2.24, 2.45) is 0 Å². The second-order valence-electron chi connectivity index (χ2n) is 8.53. The van der Waals surface area contributed by atoms with Gasteiger partial charge in [0.25, 0.3) is 0 Å². The number of rotatable bonds is 3. The zero-order valence-electron chi connectivity index (χ0n) is 16.9. The van der Waals surface area contributed by atoms with Gasteiger partial charge in [-0.15, -0.1) is 0 Å². The molecule has 0 saturated heterocycles. The lowest BCUT2D eigenvalue weighted by molar-refractivity contribution is 0.242. The highest BCUT2D eigenvalue weighted by molar-refractivity contribution is 6.43. The number of hydrogen-bond donors (Lipinski definition) is 0. The van der Waals surface area contributed by atoms with Gasteiger partial charge in [-0.1, -0.05) is 62.2 Å². The van der Waals surface area contributed by atoms with Crippen molar-refractivity contribution in [1.29, 1.82) is 0 Å². The molecule has 0 saturated carbocycles. The minimum absolute atomic E-state index is 0.0224. The van der Waals surface area contributed by atoms with Gasteiger partial charge >= 0.3 is 0 Å². The van der Waals surface area contributed by atoms with Crippen LogP contribution in [0.5, 0.6) is 0 Å². The summed E-state index contributed by atoms with van der Waals surface area (Å²) in [4.78, 5) is 16.4. The molecular weight excluding hydrogens is 403 g/mol. The van der Waals surface area contributed by atoms with E-state index in [2.05, 4.69) is 41.7 Å². The van der Waals surface area contributed by atoms with E-state index in [1.165, 1.54) is 16.8 Å². The molecule has 150 valence electrons. The standard InChI is InChI=1S/C23H24Cl2N4/c1-23(2,3)22-27-12-16-14-29(10-9-19(16)28-22)13-15-7-8-20(26-11-15)17-5-4-6-18(24)21(17)25/h4-8,11-12H,9-10,13-14H2,1-3H3. The summed E-state index contributed by atoms with van der Waals surface area (Å²) in [6.07, 6.45) is 4.86. The van der Waals surface area contributed by atoms with E-state index in [1.54, 1.807) is 6.07 Å². The highest BCUT2D eigenvalue weighted by Crippen LogP contribution is 2.32. The lowest BCUT2D eigenvalue weighted by Crippen LogP contribution is -2.32. The third-order valence-electron chi connectivity index (χ3n) is 5.14. The molecule has 4 rings (SSSR count). The van der Waals surface area contributed by atoms with E-state index < -0.39 is 0 Å². The smallest absolute Gasteiger partial charge is 0.133 e. The molecule has 2 aromatic heterocycles. The Hall–Kier alpha value is -2.01. The molecule has 0 atom stereocenters. The van der Waals surface area contributed by atoms with Gasteiger partial charge in [0.05, 0.1) is 15.7 Å². The predicted molar refractivity (Wildman–Crippen MR) is 118 cm³/mol. The first-order valence-electron chi connectivity index (χ1n) is 9.78. The van der Waals surface area contributed by atoms with Gasteiger partial charge in [0.15, 0.2) is 0 Å². The molecule has 1 aromatic carbocycles. The molecule has 0 radical (unpaired) electrons. The lowest BCUT2D eigenvalue weighted by Gasteiger charge is -2.29. The van der Waals surface area contributed by atoms with Crippen molar-refractivity contribution < 1.29 is 0 Å². The zero-order valence-corrected chi connectivity index (χ0v) is 18.4. The number of pyridine rings is 1. The molecule has 0 unspecified atom stereocenters. The van der Waals surface area contributed by atoms with Gasteiger partial charge in [-0.3, -0.25) is 9.88 Å². The Balaban J connectivity index is 1.46. The van der Waals surface area contributed by atoms with Crippen LogP contribution in [-0.2, 0) is 24.9 Å². The minimum atomic E-state index is -0.0224. The van der Waals surface area contributed by atoms with Crippen molar-refractivity contribution in [3.8, 4) is 11.3 Å². The fraction of sp³-hybridized carbons (Fsp3) is 0.348. The SMILES string of the molecule is CC(C)(C)c1ncc2c(n1)CCN(Cc1ccc(-c3cccc(Cl)c3Cl)nc1)C2. The molecule has 0 amide bonds. The van der Waals surface area contributed by atoms with Crippen LogP contribution < -0.4 is 0 Å². The van der Waals surface area contributed by atoms with Gasteiger partial charge in [0.1, 0.15) is 5.82 Å². The van der Waals surface area contributed by atoms with Crippen LogP contribution in [-0.4, -0.2) is 26.4 Å². The molecule has 1 aliphatic heterocycles. The highest BCUT2D eigenvalue weighted by Gasteiger charge is 2.23. The third kappa shape index (κ3) is 4.45. The number of aromatic nitrogens is 3. The molecule has 3 aromatic rings. The molecule has 0 bridgehead atoms. The summed E-state index contributed by atoms with van der Waals surface area (Å²) in [5.41, 5.74) is 5.23. The maximum atomic E-state index is 6.32. The van der Waals surface area contributed by atoms with Crippen LogP contribution >= 0.6 is 23.2 Å². The minimum Gasteiger partial charge on any atom is -0.294 e. The molecular formula is C23H24Cl2N4.